The zero-order valence-corrected chi connectivity index (χ0v) is 19.1. The van der Waals surface area contributed by atoms with Gasteiger partial charge in [0.2, 0.25) is 24.1 Å². The molecule has 0 aliphatic carbocycles. The molecular weight excluding hydrogens is 448 g/mol. The molecule has 4 amide bonds. The molecule has 0 aromatic heterocycles. The highest BCUT2D eigenvalue weighted by Crippen LogP contribution is 2.12. The zero-order chi connectivity index (χ0) is 25.8. The maximum atomic E-state index is 12.8. The number of hydrogen-bond donors (Lipinski definition) is 6. The first-order valence-electron chi connectivity index (χ1n) is 10.5. The minimum absolute atomic E-state index is 0.0465. The Morgan fingerprint density at radius 2 is 1.53 bits per heavy atom. The Morgan fingerprint density at radius 1 is 0.912 bits per heavy atom. The molecule has 0 aliphatic rings. The Labute approximate surface area is 196 Å². The van der Waals surface area contributed by atoms with Crippen molar-refractivity contribution >= 4 is 36.4 Å². The summed E-state index contributed by atoms with van der Waals surface area (Å²) in [5, 5.41) is 27.8. The monoisotopic (exact) mass is 478 g/mol. The van der Waals surface area contributed by atoms with Crippen LogP contribution in [0.2, 0.25) is 0 Å². The summed E-state index contributed by atoms with van der Waals surface area (Å²) in [6.45, 7) is 4.69. The highest BCUT2D eigenvalue weighted by molar-refractivity contribution is 5.94. The number of aromatic hydroxyl groups is 1. The van der Waals surface area contributed by atoms with Gasteiger partial charge >= 0.3 is 5.97 Å². The molecule has 12 heteroatoms. The van der Waals surface area contributed by atoms with E-state index in [1.807, 2.05) is 0 Å². The number of benzene rings is 1. The van der Waals surface area contributed by atoms with Gasteiger partial charge in [-0.05, 0) is 30.5 Å². The van der Waals surface area contributed by atoms with Crippen LogP contribution in [0.1, 0.15) is 32.8 Å². The second-order valence-electron chi connectivity index (χ2n) is 8.02. The Balaban J connectivity index is 2.83. The quantitative estimate of drug-likeness (QED) is 0.181. The summed E-state index contributed by atoms with van der Waals surface area (Å²) in [4.78, 5) is 70.5. The first kappa shape index (κ1) is 28.1. The van der Waals surface area contributed by atoms with E-state index in [-0.39, 0.29) is 24.4 Å². The number of carboxylic acid groups (broad SMARTS) is 1. The Kier molecular flexibility index (Phi) is 11.2. The Hall–Kier alpha value is -3.96. The number of hydrogen-bond acceptors (Lipinski definition) is 7. The smallest absolute Gasteiger partial charge is 0.305 e. The van der Waals surface area contributed by atoms with Crippen LogP contribution in [0.15, 0.2) is 24.3 Å². The van der Waals surface area contributed by atoms with Gasteiger partial charge in [0.1, 0.15) is 30.2 Å². The maximum Gasteiger partial charge on any atom is 0.305 e. The summed E-state index contributed by atoms with van der Waals surface area (Å²) in [6.07, 6.45) is 0.146. The van der Waals surface area contributed by atoms with Gasteiger partial charge in [-0.1, -0.05) is 26.0 Å². The van der Waals surface area contributed by atoms with Crippen LogP contribution < -0.4 is 21.3 Å². The van der Waals surface area contributed by atoms with Crippen LogP contribution in [0.5, 0.6) is 5.75 Å². The summed E-state index contributed by atoms with van der Waals surface area (Å²) in [7, 11) is 0. The fraction of sp³-hybridized carbons (Fsp3) is 0.455. The van der Waals surface area contributed by atoms with Crippen molar-refractivity contribution in [2.24, 2.45) is 5.92 Å². The number of rotatable bonds is 14. The molecule has 4 atom stereocenters. The first-order chi connectivity index (χ1) is 16.0. The number of phenolic OH excluding ortho intramolecular Hbond substituents is 1. The van der Waals surface area contributed by atoms with Crippen molar-refractivity contribution in [3.05, 3.63) is 29.8 Å². The summed E-state index contributed by atoms with van der Waals surface area (Å²) in [5.41, 5.74) is 0.661. The van der Waals surface area contributed by atoms with Crippen molar-refractivity contribution < 1.29 is 39.0 Å². The number of carbonyl (C=O) groups is 6. The second-order valence-corrected chi connectivity index (χ2v) is 8.02. The molecule has 0 bridgehead atoms. The average molecular weight is 479 g/mol. The van der Waals surface area contributed by atoms with Crippen molar-refractivity contribution in [2.75, 3.05) is 0 Å². The van der Waals surface area contributed by atoms with Crippen LogP contribution in [0.25, 0.3) is 0 Å². The van der Waals surface area contributed by atoms with Crippen molar-refractivity contribution in [1.29, 1.82) is 0 Å². The van der Waals surface area contributed by atoms with Gasteiger partial charge in [0.25, 0.3) is 0 Å². The van der Waals surface area contributed by atoms with Gasteiger partial charge in [-0.25, -0.2) is 0 Å². The molecule has 0 spiro atoms. The van der Waals surface area contributed by atoms with Gasteiger partial charge in [-0.3, -0.25) is 24.0 Å². The predicted octanol–water partition coefficient (Wildman–Crippen LogP) is -1.15. The summed E-state index contributed by atoms with van der Waals surface area (Å²) in [5.74, 6) is -3.70. The molecule has 1 aromatic carbocycles. The minimum Gasteiger partial charge on any atom is -0.508 e. The van der Waals surface area contributed by atoms with Gasteiger partial charge < -0.3 is 36.3 Å². The lowest BCUT2D eigenvalue weighted by atomic mass is 10.0. The highest BCUT2D eigenvalue weighted by Gasteiger charge is 2.30. The first-order valence-corrected chi connectivity index (χ1v) is 10.5. The second kappa shape index (κ2) is 13.6. The van der Waals surface area contributed by atoms with Crippen molar-refractivity contribution in [3.63, 3.8) is 0 Å². The topological polar surface area (TPSA) is 191 Å². The molecule has 186 valence electrons. The van der Waals surface area contributed by atoms with Crippen LogP contribution in [0.3, 0.4) is 0 Å². The molecule has 12 nitrogen and oxygen atoms in total. The van der Waals surface area contributed by atoms with Crippen LogP contribution >= 0.6 is 0 Å². The minimum atomic E-state index is -1.28. The number of phenols is 1. The van der Waals surface area contributed by atoms with E-state index in [0.29, 0.717) is 12.0 Å². The van der Waals surface area contributed by atoms with Crippen LogP contribution in [0, 0.1) is 5.92 Å². The zero-order valence-electron chi connectivity index (χ0n) is 19.1. The SMILES string of the molecule is CC(C)[C@@H](NC(=O)[C@@H](Cc1ccc(O)cc1)NC=O)C(=O)N[C@H](C)C(=O)N[C@@H](C=O)CC(=O)O. The lowest BCUT2D eigenvalue weighted by molar-refractivity contribution is -0.139. The van der Waals surface area contributed by atoms with E-state index in [9.17, 15) is 33.9 Å². The number of aliphatic carboxylic acids is 1. The lowest BCUT2D eigenvalue weighted by Gasteiger charge is -2.26. The number of aldehydes is 1. The average Bonchev–Trinajstić information content (AvgIpc) is 2.77. The van der Waals surface area contributed by atoms with Gasteiger partial charge in [0, 0.05) is 6.42 Å². The van der Waals surface area contributed by atoms with Crippen molar-refractivity contribution in [1.82, 2.24) is 21.3 Å². The largest absolute Gasteiger partial charge is 0.508 e. The summed E-state index contributed by atoms with van der Waals surface area (Å²) >= 11 is 0. The van der Waals surface area contributed by atoms with Gasteiger partial charge in [0.05, 0.1) is 12.5 Å². The van der Waals surface area contributed by atoms with Gasteiger partial charge in [-0.15, -0.1) is 0 Å². The number of carboxylic acids is 1. The van der Waals surface area contributed by atoms with Crippen LogP contribution in [-0.4, -0.2) is 70.8 Å². The number of nitrogens with one attached hydrogen (secondary N) is 4. The van der Waals surface area contributed by atoms with Crippen molar-refractivity contribution in [3.8, 4) is 5.75 Å². The standard InChI is InChI=1S/C22H30N4O8/c1-12(2)19(22(34)24-13(3)20(32)25-15(10-27)9-18(30)31)26-21(33)17(23-11-28)8-14-4-6-16(29)7-5-14/h4-7,10-13,15,17,19,29H,8-9H2,1-3H3,(H,23,28)(H,24,34)(H,25,32)(H,26,33)(H,30,31)/t13-,15-,17-,19-/m1/s1. The van der Waals surface area contributed by atoms with Crippen LogP contribution in [0.4, 0.5) is 0 Å². The van der Waals surface area contributed by atoms with E-state index < -0.39 is 54.3 Å². The lowest BCUT2D eigenvalue weighted by Crippen LogP contribution is -2.58. The molecule has 0 saturated carbocycles. The maximum absolute atomic E-state index is 12.8. The fourth-order valence-corrected chi connectivity index (χ4v) is 2.96. The molecule has 0 heterocycles. The number of amides is 4. The van der Waals surface area contributed by atoms with E-state index in [2.05, 4.69) is 21.3 Å². The molecule has 0 unspecified atom stereocenters. The van der Waals surface area contributed by atoms with E-state index in [4.69, 9.17) is 5.11 Å². The normalized spacial score (nSPS) is 14.1. The third-order valence-electron chi connectivity index (χ3n) is 4.85. The fourth-order valence-electron chi connectivity index (χ4n) is 2.96. The van der Waals surface area contributed by atoms with E-state index in [1.54, 1.807) is 26.0 Å². The van der Waals surface area contributed by atoms with E-state index in [0.717, 1.165) is 0 Å². The molecular formula is C22H30N4O8. The van der Waals surface area contributed by atoms with Gasteiger partial charge in [-0.2, -0.15) is 0 Å². The van der Waals surface area contributed by atoms with Crippen molar-refractivity contribution in [2.45, 2.75) is 57.8 Å². The molecule has 6 N–H and O–H groups in total. The molecule has 1 rings (SSSR count). The Morgan fingerprint density at radius 3 is 2.03 bits per heavy atom. The highest BCUT2D eigenvalue weighted by atomic mass is 16.4. The van der Waals surface area contributed by atoms with Crippen LogP contribution in [-0.2, 0) is 35.2 Å². The third-order valence-corrected chi connectivity index (χ3v) is 4.85. The molecule has 0 aliphatic heterocycles. The Bertz CT molecular complexity index is 887. The molecule has 1 aromatic rings. The van der Waals surface area contributed by atoms with E-state index in [1.165, 1.54) is 19.1 Å². The van der Waals surface area contributed by atoms with Gasteiger partial charge in [0.15, 0.2) is 0 Å². The summed E-state index contributed by atoms with van der Waals surface area (Å²) in [6, 6.07) is 1.63. The molecule has 0 radical (unpaired) electrons. The van der Waals surface area contributed by atoms with E-state index >= 15 is 0 Å². The predicted molar refractivity (Wildman–Crippen MR) is 119 cm³/mol. The summed E-state index contributed by atoms with van der Waals surface area (Å²) < 4.78 is 0. The number of carbonyl (C=O) groups excluding carboxylic acids is 5. The molecule has 0 fully saturated rings. The molecule has 0 saturated heterocycles. The molecule has 34 heavy (non-hydrogen) atoms. The third kappa shape index (κ3) is 9.27.